The van der Waals surface area contributed by atoms with Crippen molar-refractivity contribution in [2.24, 2.45) is 5.92 Å². The lowest BCUT2D eigenvalue weighted by Gasteiger charge is -2.22. The second kappa shape index (κ2) is 9.05. The molecule has 2 aliphatic rings. The minimum Gasteiger partial charge on any atom is -0.395 e. The van der Waals surface area contributed by atoms with Crippen molar-refractivity contribution in [1.82, 2.24) is 19.7 Å². The Bertz CT molecular complexity index is 1240. The molecular weight excluding hydrogens is 430 g/mol. The number of aliphatic hydroxyl groups is 1. The van der Waals surface area contributed by atoms with Gasteiger partial charge in [-0.15, -0.1) is 0 Å². The zero-order valence-electron chi connectivity index (χ0n) is 19.5. The standard InChI is InChI=1S/C25H29N7O2/c1-16-9-22(32(31-16)13-17-4-7-34-8-5-17)30-24-27-6-3-21(29-24)18-10-19(12-26)23-20(11-18)25(2,15-33)14-28-23/h3,6,9-11,17,28,33H,4-5,7-8,13-15H2,1-2H3,(H,27,29,30)/t25-/m1/s1. The maximum Gasteiger partial charge on any atom is 0.228 e. The molecule has 1 aromatic carbocycles. The number of benzene rings is 1. The second-order valence-corrected chi connectivity index (χ2v) is 9.43. The molecule has 9 heteroatoms. The molecule has 4 heterocycles. The highest BCUT2D eigenvalue weighted by atomic mass is 16.5. The van der Waals surface area contributed by atoms with Crippen molar-refractivity contribution < 1.29 is 9.84 Å². The van der Waals surface area contributed by atoms with E-state index in [1.54, 1.807) is 6.20 Å². The van der Waals surface area contributed by atoms with Gasteiger partial charge in [0.25, 0.3) is 0 Å². The zero-order chi connectivity index (χ0) is 23.7. The third-order valence-electron chi connectivity index (χ3n) is 6.78. The summed E-state index contributed by atoms with van der Waals surface area (Å²) in [7, 11) is 0. The van der Waals surface area contributed by atoms with E-state index in [2.05, 4.69) is 26.8 Å². The molecule has 0 aliphatic carbocycles. The lowest BCUT2D eigenvalue weighted by molar-refractivity contribution is 0.0603. The van der Waals surface area contributed by atoms with Gasteiger partial charge in [-0.25, -0.2) is 14.6 Å². The van der Waals surface area contributed by atoms with Gasteiger partial charge in [0.05, 0.1) is 29.2 Å². The van der Waals surface area contributed by atoms with Crippen molar-refractivity contribution in [2.45, 2.75) is 38.6 Å². The first-order chi connectivity index (χ1) is 16.5. The van der Waals surface area contributed by atoms with Crippen LogP contribution >= 0.6 is 0 Å². The third-order valence-corrected chi connectivity index (χ3v) is 6.78. The highest BCUT2D eigenvalue weighted by Crippen LogP contribution is 2.41. The summed E-state index contributed by atoms with van der Waals surface area (Å²) >= 11 is 0. The third kappa shape index (κ3) is 4.22. The van der Waals surface area contributed by atoms with Gasteiger partial charge in [-0.2, -0.15) is 10.4 Å². The average molecular weight is 460 g/mol. The van der Waals surface area contributed by atoms with Gasteiger partial charge in [-0.05, 0) is 49.4 Å². The van der Waals surface area contributed by atoms with E-state index >= 15 is 0 Å². The molecule has 3 aromatic rings. The summed E-state index contributed by atoms with van der Waals surface area (Å²) in [5.41, 5.74) is 4.28. The second-order valence-electron chi connectivity index (χ2n) is 9.43. The molecule has 2 aliphatic heterocycles. The number of anilines is 3. The summed E-state index contributed by atoms with van der Waals surface area (Å²) in [6.07, 6.45) is 3.77. The molecule has 5 rings (SSSR count). The fourth-order valence-electron chi connectivity index (χ4n) is 4.72. The highest BCUT2D eigenvalue weighted by Gasteiger charge is 2.36. The molecule has 34 heavy (non-hydrogen) atoms. The minimum atomic E-state index is -0.445. The number of fused-ring (bicyclic) bond motifs is 1. The number of nitrogens with zero attached hydrogens (tertiary/aromatic N) is 5. The maximum absolute atomic E-state index is 9.98. The van der Waals surface area contributed by atoms with Crippen LogP contribution < -0.4 is 10.6 Å². The first kappa shape index (κ1) is 22.3. The Hall–Kier alpha value is -3.48. The molecule has 1 saturated heterocycles. The Kier molecular flexibility index (Phi) is 5.94. The topological polar surface area (TPSA) is 121 Å². The highest BCUT2D eigenvalue weighted by molar-refractivity contribution is 5.76. The number of aromatic nitrogens is 4. The van der Waals surface area contributed by atoms with Gasteiger partial charge >= 0.3 is 0 Å². The van der Waals surface area contributed by atoms with E-state index in [4.69, 9.17) is 9.72 Å². The Labute approximate surface area is 198 Å². The van der Waals surface area contributed by atoms with E-state index in [1.807, 2.05) is 42.8 Å². The fourth-order valence-corrected chi connectivity index (χ4v) is 4.72. The number of nitriles is 1. The van der Waals surface area contributed by atoms with E-state index in [9.17, 15) is 10.4 Å². The van der Waals surface area contributed by atoms with Crippen LogP contribution in [0.4, 0.5) is 17.5 Å². The summed E-state index contributed by atoms with van der Waals surface area (Å²) in [6.45, 7) is 6.97. The summed E-state index contributed by atoms with van der Waals surface area (Å²) < 4.78 is 7.47. The SMILES string of the molecule is Cc1cc(Nc2nccc(-c3cc(C#N)c4c(c3)[C@@](C)(CO)CN4)n2)n(CC2CCOCC2)n1. The first-order valence-corrected chi connectivity index (χ1v) is 11.6. The van der Waals surface area contributed by atoms with Gasteiger partial charge in [0, 0.05) is 49.5 Å². The summed E-state index contributed by atoms with van der Waals surface area (Å²) in [5.74, 6) is 1.85. The molecule has 1 fully saturated rings. The Morgan fingerprint density at radius 1 is 1.32 bits per heavy atom. The van der Waals surface area contributed by atoms with Gasteiger partial charge in [0.1, 0.15) is 11.9 Å². The van der Waals surface area contributed by atoms with Crippen LogP contribution in [0.25, 0.3) is 11.3 Å². The number of aryl methyl sites for hydroxylation is 1. The average Bonchev–Trinajstić information content (AvgIpc) is 3.38. The quantitative estimate of drug-likeness (QED) is 0.513. The normalized spacial score (nSPS) is 19.9. The number of hydrogen-bond acceptors (Lipinski definition) is 8. The molecule has 1 atom stereocenters. The van der Waals surface area contributed by atoms with Crippen LogP contribution in [0, 0.1) is 24.2 Å². The molecule has 176 valence electrons. The Balaban J connectivity index is 1.44. The van der Waals surface area contributed by atoms with Gasteiger partial charge in [0.2, 0.25) is 5.95 Å². The predicted octanol–water partition coefficient (Wildman–Crippen LogP) is 3.37. The monoisotopic (exact) mass is 459 g/mol. The fraction of sp³-hybridized carbons (Fsp3) is 0.440. The largest absolute Gasteiger partial charge is 0.395 e. The molecule has 2 aromatic heterocycles. The lowest BCUT2D eigenvalue weighted by atomic mass is 9.83. The van der Waals surface area contributed by atoms with Crippen LogP contribution in [0.3, 0.4) is 0 Å². The summed E-state index contributed by atoms with van der Waals surface area (Å²) in [4.78, 5) is 9.15. The molecule has 9 nitrogen and oxygen atoms in total. The molecule has 3 N–H and O–H groups in total. The van der Waals surface area contributed by atoms with Gasteiger partial charge < -0.3 is 20.5 Å². The molecule has 0 radical (unpaired) electrons. The maximum atomic E-state index is 9.98. The summed E-state index contributed by atoms with van der Waals surface area (Å²) in [5, 5.41) is 31.0. The van der Waals surface area contributed by atoms with Crippen LogP contribution in [0.2, 0.25) is 0 Å². The van der Waals surface area contributed by atoms with Crippen molar-refractivity contribution in [3.8, 4) is 17.3 Å². The number of ether oxygens (including phenoxy) is 1. The van der Waals surface area contributed by atoms with E-state index in [0.717, 1.165) is 60.9 Å². The molecule has 0 unspecified atom stereocenters. The summed E-state index contributed by atoms with van der Waals surface area (Å²) in [6, 6.07) is 9.95. The smallest absolute Gasteiger partial charge is 0.228 e. The number of aliphatic hydroxyl groups excluding tert-OH is 1. The van der Waals surface area contributed by atoms with Crippen molar-refractivity contribution >= 4 is 17.5 Å². The van der Waals surface area contributed by atoms with E-state index in [1.165, 1.54) is 0 Å². The van der Waals surface area contributed by atoms with Crippen LogP contribution in [0.15, 0.2) is 30.5 Å². The van der Waals surface area contributed by atoms with Crippen molar-refractivity contribution in [3.05, 3.63) is 47.3 Å². The van der Waals surface area contributed by atoms with Gasteiger partial charge in [-0.3, -0.25) is 0 Å². The predicted molar refractivity (Wildman–Crippen MR) is 129 cm³/mol. The Morgan fingerprint density at radius 3 is 2.91 bits per heavy atom. The molecule has 0 amide bonds. The number of hydrogen-bond donors (Lipinski definition) is 3. The van der Waals surface area contributed by atoms with Crippen LogP contribution in [-0.4, -0.2) is 51.2 Å². The van der Waals surface area contributed by atoms with Gasteiger partial charge in [-0.1, -0.05) is 6.92 Å². The molecular formula is C25H29N7O2. The van der Waals surface area contributed by atoms with Crippen molar-refractivity contribution in [1.29, 1.82) is 5.26 Å². The number of nitrogens with one attached hydrogen (secondary N) is 2. The zero-order valence-corrected chi connectivity index (χ0v) is 19.5. The van der Waals surface area contributed by atoms with Crippen LogP contribution in [0.5, 0.6) is 0 Å². The first-order valence-electron chi connectivity index (χ1n) is 11.6. The lowest BCUT2D eigenvalue weighted by Crippen LogP contribution is -2.28. The van der Waals surface area contributed by atoms with Crippen LogP contribution in [0.1, 0.15) is 36.6 Å². The van der Waals surface area contributed by atoms with E-state index in [0.29, 0.717) is 29.7 Å². The Morgan fingerprint density at radius 2 is 2.15 bits per heavy atom. The van der Waals surface area contributed by atoms with E-state index < -0.39 is 5.41 Å². The molecule has 0 saturated carbocycles. The minimum absolute atomic E-state index is 0.00559. The van der Waals surface area contributed by atoms with E-state index in [-0.39, 0.29) is 6.61 Å². The van der Waals surface area contributed by atoms with Crippen LogP contribution in [-0.2, 0) is 16.7 Å². The van der Waals surface area contributed by atoms with Gasteiger partial charge in [0.15, 0.2) is 0 Å². The molecule has 0 spiro atoms. The van der Waals surface area contributed by atoms with Crippen molar-refractivity contribution in [3.63, 3.8) is 0 Å². The van der Waals surface area contributed by atoms with Crippen molar-refractivity contribution in [2.75, 3.05) is 37.0 Å². The number of rotatable bonds is 6. The molecule has 0 bridgehead atoms.